The first kappa shape index (κ1) is 13.4. The summed E-state index contributed by atoms with van der Waals surface area (Å²) in [6.45, 7) is 6.02. The third-order valence-corrected chi connectivity index (χ3v) is 1.69. The molecule has 0 saturated heterocycles. The fourth-order valence-corrected chi connectivity index (χ4v) is 0.910. The minimum absolute atomic E-state index is 0.333. The van der Waals surface area contributed by atoms with Crippen LogP contribution in [0.4, 0.5) is 0 Å². The van der Waals surface area contributed by atoms with E-state index in [-0.39, 0.29) is 5.97 Å². The van der Waals surface area contributed by atoms with Gasteiger partial charge in [0.25, 0.3) is 0 Å². The number of carbonyl (C=O) groups excluding carboxylic acids is 1. The van der Waals surface area contributed by atoms with Crippen LogP contribution in [0.5, 0.6) is 0 Å². The van der Waals surface area contributed by atoms with Gasteiger partial charge in [-0.3, -0.25) is 0 Å². The molecule has 0 aromatic heterocycles. The molecular weight excluding hydrogens is 188 g/mol. The highest BCUT2D eigenvalue weighted by Gasteiger charge is 1.91. The van der Waals surface area contributed by atoms with Gasteiger partial charge in [0.15, 0.2) is 0 Å². The minimum Gasteiger partial charge on any atom is -0.466 e. The lowest BCUT2D eigenvalue weighted by Gasteiger charge is -1.94. The molecule has 0 atom stereocenters. The van der Waals surface area contributed by atoms with E-state index in [0.29, 0.717) is 0 Å². The van der Waals surface area contributed by atoms with E-state index in [1.54, 1.807) is 6.08 Å². The molecule has 0 radical (unpaired) electrons. The number of esters is 1. The highest BCUT2D eigenvalue weighted by atomic mass is 16.5. The first-order chi connectivity index (χ1) is 7.22. The van der Waals surface area contributed by atoms with Crippen LogP contribution in [0.3, 0.4) is 0 Å². The molecule has 0 amide bonds. The van der Waals surface area contributed by atoms with Gasteiger partial charge >= 0.3 is 5.97 Å². The van der Waals surface area contributed by atoms with Crippen molar-refractivity contribution in [3.63, 3.8) is 0 Å². The molecule has 2 heteroatoms. The van der Waals surface area contributed by atoms with E-state index in [2.05, 4.69) is 4.74 Å². The molecule has 0 N–H and O–H groups in total. The van der Waals surface area contributed by atoms with Gasteiger partial charge in [0.1, 0.15) is 0 Å². The molecule has 0 unspecified atom stereocenters. The molecule has 1 aromatic carbocycles. The van der Waals surface area contributed by atoms with Crippen molar-refractivity contribution < 1.29 is 9.53 Å². The van der Waals surface area contributed by atoms with Gasteiger partial charge in [-0.05, 0) is 18.6 Å². The molecule has 0 aliphatic rings. The number of hydrogen-bond acceptors (Lipinski definition) is 2. The largest absolute Gasteiger partial charge is 0.466 e. The van der Waals surface area contributed by atoms with Gasteiger partial charge in [-0.1, -0.05) is 43.7 Å². The summed E-state index contributed by atoms with van der Waals surface area (Å²) in [4.78, 5) is 10.7. The fourth-order valence-electron chi connectivity index (χ4n) is 0.910. The maximum absolute atomic E-state index is 10.7. The summed E-state index contributed by atoms with van der Waals surface area (Å²) in [5.74, 6) is -0.333. The molecule has 0 bridgehead atoms. The second kappa shape index (κ2) is 7.80. The predicted octanol–water partition coefficient (Wildman–Crippen LogP) is 3.21. The third-order valence-electron chi connectivity index (χ3n) is 1.69. The lowest BCUT2D eigenvalue weighted by atomic mass is 10.1. The molecule has 15 heavy (non-hydrogen) atoms. The van der Waals surface area contributed by atoms with Gasteiger partial charge in [0.05, 0.1) is 7.11 Å². The van der Waals surface area contributed by atoms with E-state index in [1.165, 1.54) is 18.7 Å². The van der Waals surface area contributed by atoms with Crippen LogP contribution in [0.2, 0.25) is 0 Å². The SMILES string of the molecule is CC.COC(=O)/C=C/c1ccc(C)cc1. The van der Waals surface area contributed by atoms with Gasteiger partial charge in [0, 0.05) is 6.08 Å². The van der Waals surface area contributed by atoms with Crippen molar-refractivity contribution >= 4 is 12.0 Å². The molecular formula is C13H18O2. The van der Waals surface area contributed by atoms with E-state index < -0.39 is 0 Å². The van der Waals surface area contributed by atoms with Crippen LogP contribution in [-0.2, 0) is 9.53 Å². The van der Waals surface area contributed by atoms with Crippen LogP contribution >= 0.6 is 0 Å². The molecule has 0 heterocycles. The Morgan fingerprint density at radius 3 is 2.20 bits per heavy atom. The fraction of sp³-hybridized carbons (Fsp3) is 0.308. The number of ether oxygens (including phenoxy) is 1. The molecule has 0 spiro atoms. The maximum Gasteiger partial charge on any atom is 0.330 e. The lowest BCUT2D eigenvalue weighted by molar-refractivity contribution is -0.134. The zero-order chi connectivity index (χ0) is 11.7. The van der Waals surface area contributed by atoms with E-state index in [4.69, 9.17) is 0 Å². The van der Waals surface area contributed by atoms with Crippen molar-refractivity contribution in [3.8, 4) is 0 Å². The Hall–Kier alpha value is -1.57. The standard InChI is InChI=1S/C11H12O2.C2H6/c1-9-3-5-10(6-4-9)7-8-11(12)13-2;1-2/h3-8H,1-2H3;1-2H3/b8-7+;. The molecule has 2 nitrogen and oxygen atoms in total. The zero-order valence-electron chi connectivity index (χ0n) is 9.78. The van der Waals surface area contributed by atoms with Gasteiger partial charge < -0.3 is 4.74 Å². The first-order valence-corrected chi connectivity index (χ1v) is 5.05. The second-order valence-corrected chi connectivity index (χ2v) is 2.77. The number of hydrogen-bond donors (Lipinski definition) is 0. The van der Waals surface area contributed by atoms with E-state index in [9.17, 15) is 4.79 Å². The summed E-state index contributed by atoms with van der Waals surface area (Å²) in [6.07, 6.45) is 3.13. The highest BCUT2D eigenvalue weighted by molar-refractivity contribution is 5.86. The van der Waals surface area contributed by atoms with Gasteiger partial charge in [-0.15, -0.1) is 0 Å². The number of rotatable bonds is 2. The minimum atomic E-state index is -0.333. The van der Waals surface area contributed by atoms with Crippen molar-refractivity contribution in [2.24, 2.45) is 0 Å². The van der Waals surface area contributed by atoms with Gasteiger partial charge in [-0.2, -0.15) is 0 Å². The number of methoxy groups -OCH3 is 1. The van der Waals surface area contributed by atoms with Crippen LogP contribution in [0.1, 0.15) is 25.0 Å². The smallest absolute Gasteiger partial charge is 0.330 e. The summed E-state index contributed by atoms with van der Waals surface area (Å²) in [5.41, 5.74) is 2.20. The number of aryl methyl sites for hydroxylation is 1. The van der Waals surface area contributed by atoms with Crippen molar-refractivity contribution in [1.82, 2.24) is 0 Å². The number of benzene rings is 1. The Balaban J connectivity index is 0.000000921. The predicted molar refractivity (Wildman–Crippen MR) is 63.6 cm³/mol. The normalized spacial score (nSPS) is 9.33. The Morgan fingerprint density at radius 1 is 1.20 bits per heavy atom. The first-order valence-electron chi connectivity index (χ1n) is 5.05. The summed E-state index contributed by atoms with van der Waals surface area (Å²) in [5, 5.41) is 0. The number of carbonyl (C=O) groups is 1. The van der Waals surface area contributed by atoms with Gasteiger partial charge in [-0.25, -0.2) is 4.79 Å². The second-order valence-electron chi connectivity index (χ2n) is 2.77. The van der Waals surface area contributed by atoms with Crippen LogP contribution in [-0.4, -0.2) is 13.1 Å². The van der Waals surface area contributed by atoms with Crippen LogP contribution in [0, 0.1) is 6.92 Å². The van der Waals surface area contributed by atoms with E-state index >= 15 is 0 Å². The van der Waals surface area contributed by atoms with Crippen LogP contribution in [0.15, 0.2) is 30.3 Å². The van der Waals surface area contributed by atoms with Crippen molar-refractivity contribution in [2.45, 2.75) is 20.8 Å². The molecule has 0 fully saturated rings. The molecule has 0 aliphatic heterocycles. The van der Waals surface area contributed by atoms with Crippen LogP contribution in [0.25, 0.3) is 6.08 Å². The quantitative estimate of drug-likeness (QED) is 0.548. The lowest BCUT2D eigenvalue weighted by Crippen LogP contribution is -1.93. The molecule has 1 rings (SSSR count). The average Bonchev–Trinajstić information content (AvgIpc) is 2.30. The molecule has 1 aromatic rings. The average molecular weight is 206 g/mol. The monoisotopic (exact) mass is 206 g/mol. The molecule has 82 valence electrons. The highest BCUT2D eigenvalue weighted by Crippen LogP contribution is 2.04. The van der Waals surface area contributed by atoms with Gasteiger partial charge in [0.2, 0.25) is 0 Å². The van der Waals surface area contributed by atoms with E-state index in [0.717, 1.165) is 5.56 Å². The summed E-state index contributed by atoms with van der Waals surface area (Å²) in [7, 11) is 1.36. The van der Waals surface area contributed by atoms with Crippen molar-refractivity contribution in [1.29, 1.82) is 0 Å². The zero-order valence-corrected chi connectivity index (χ0v) is 9.78. The third kappa shape index (κ3) is 5.68. The Kier molecular flexibility index (Phi) is 6.98. The summed E-state index contributed by atoms with van der Waals surface area (Å²) in [6, 6.07) is 7.90. The van der Waals surface area contributed by atoms with Crippen molar-refractivity contribution in [3.05, 3.63) is 41.5 Å². The molecule has 0 aliphatic carbocycles. The van der Waals surface area contributed by atoms with E-state index in [1.807, 2.05) is 45.0 Å². The summed E-state index contributed by atoms with van der Waals surface area (Å²) < 4.78 is 4.47. The maximum atomic E-state index is 10.7. The van der Waals surface area contributed by atoms with Crippen LogP contribution < -0.4 is 0 Å². The van der Waals surface area contributed by atoms with Crippen molar-refractivity contribution in [2.75, 3.05) is 7.11 Å². The Labute approximate surface area is 91.6 Å². The Bertz CT molecular complexity index is 310. The summed E-state index contributed by atoms with van der Waals surface area (Å²) >= 11 is 0. The molecule has 0 saturated carbocycles. The topological polar surface area (TPSA) is 26.3 Å². The Morgan fingerprint density at radius 2 is 1.73 bits per heavy atom.